The van der Waals surface area contributed by atoms with E-state index in [4.69, 9.17) is 9.47 Å². The number of methoxy groups -OCH3 is 1. The molecule has 2 aliphatic heterocycles. The average molecular weight is 437 g/mol. The minimum atomic E-state index is -0.506. The Kier molecular flexibility index (Phi) is 5.89. The fourth-order valence-corrected chi connectivity index (χ4v) is 4.46. The van der Waals surface area contributed by atoms with E-state index in [9.17, 15) is 9.59 Å². The van der Waals surface area contributed by atoms with Crippen molar-refractivity contribution in [3.8, 4) is 5.75 Å². The van der Waals surface area contributed by atoms with Crippen LogP contribution in [0.15, 0.2) is 48.5 Å². The maximum atomic E-state index is 12.9. The number of benzene rings is 2. The largest absolute Gasteiger partial charge is 0.497 e. The molecule has 2 heterocycles. The average Bonchev–Trinajstić information content (AvgIpc) is 3.07. The molecule has 2 amide bonds. The summed E-state index contributed by atoms with van der Waals surface area (Å²) in [7, 11) is 1.59. The molecule has 6 heteroatoms. The van der Waals surface area contributed by atoms with Crippen molar-refractivity contribution < 1.29 is 19.1 Å². The van der Waals surface area contributed by atoms with Crippen molar-refractivity contribution in [1.82, 2.24) is 9.80 Å². The third-order valence-corrected chi connectivity index (χ3v) is 6.51. The van der Waals surface area contributed by atoms with Crippen molar-refractivity contribution in [2.24, 2.45) is 0 Å². The quantitative estimate of drug-likeness (QED) is 0.702. The van der Waals surface area contributed by atoms with Gasteiger partial charge in [0.2, 0.25) is 0 Å². The molecule has 2 fully saturated rings. The van der Waals surface area contributed by atoms with Gasteiger partial charge in [-0.3, -0.25) is 9.69 Å². The van der Waals surface area contributed by atoms with Gasteiger partial charge in [-0.25, -0.2) is 4.79 Å². The van der Waals surface area contributed by atoms with Crippen LogP contribution in [-0.2, 0) is 16.7 Å². The fourth-order valence-electron chi connectivity index (χ4n) is 4.46. The number of rotatable bonds is 4. The van der Waals surface area contributed by atoms with Crippen LogP contribution in [0.4, 0.5) is 4.79 Å². The van der Waals surface area contributed by atoms with E-state index >= 15 is 0 Å². The van der Waals surface area contributed by atoms with E-state index in [-0.39, 0.29) is 17.4 Å². The lowest BCUT2D eigenvalue weighted by Crippen LogP contribution is -2.48. The topological polar surface area (TPSA) is 59.1 Å². The minimum Gasteiger partial charge on any atom is -0.497 e. The Bertz CT molecular complexity index is 986. The molecule has 0 aliphatic carbocycles. The summed E-state index contributed by atoms with van der Waals surface area (Å²) in [4.78, 5) is 29.1. The number of piperidine rings is 1. The van der Waals surface area contributed by atoms with E-state index in [1.54, 1.807) is 24.1 Å². The van der Waals surface area contributed by atoms with Crippen molar-refractivity contribution in [2.75, 3.05) is 26.7 Å². The lowest BCUT2D eigenvalue weighted by molar-refractivity contribution is 0.00312. The van der Waals surface area contributed by atoms with Gasteiger partial charge in [-0.05, 0) is 34.7 Å². The summed E-state index contributed by atoms with van der Waals surface area (Å²) < 4.78 is 11.1. The molecular formula is C26H32N2O4. The monoisotopic (exact) mass is 436 g/mol. The summed E-state index contributed by atoms with van der Waals surface area (Å²) in [5.41, 5.74) is 2.58. The first-order chi connectivity index (χ1) is 15.2. The van der Waals surface area contributed by atoms with Gasteiger partial charge in [0.25, 0.3) is 5.91 Å². The molecule has 1 spiro atoms. The standard InChI is InChI=1S/C26H32N2O4/c1-25(2,3)21-10-8-19(9-11-21)17-28-18-26(32-24(28)30)12-14-27(15-13-26)23(29)20-6-5-7-22(16-20)31-4/h5-11,16H,12-15,17-18H2,1-4H3. The second-order valence-electron chi connectivity index (χ2n) is 9.88. The van der Waals surface area contributed by atoms with E-state index < -0.39 is 5.60 Å². The van der Waals surface area contributed by atoms with Crippen LogP contribution in [0.2, 0.25) is 0 Å². The number of carbonyl (C=O) groups is 2. The number of carbonyl (C=O) groups excluding carboxylic acids is 2. The van der Waals surface area contributed by atoms with Crippen LogP contribution >= 0.6 is 0 Å². The third-order valence-electron chi connectivity index (χ3n) is 6.51. The second-order valence-corrected chi connectivity index (χ2v) is 9.88. The van der Waals surface area contributed by atoms with Crippen LogP contribution < -0.4 is 4.74 Å². The van der Waals surface area contributed by atoms with Gasteiger partial charge in [0, 0.05) is 38.0 Å². The van der Waals surface area contributed by atoms with Crippen molar-refractivity contribution in [3.63, 3.8) is 0 Å². The normalized spacial score (nSPS) is 18.1. The molecule has 0 aromatic heterocycles. The van der Waals surface area contributed by atoms with Gasteiger partial charge in [0.05, 0.1) is 13.7 Å². The molecule has 0 atom stereocenters. The summed E-state index contributed by atoms with van der Waals surface area (Å²) in [6, 6.07) is 15.7. The SMILES string of the molecule is COc1cccc(C(=O)N2CCC3(CC2)CN(Cc2ccc(C(C)(C)C)cc2)C(=O)O3)c1. The maximum Gasteiger partial charge on any atom is 0.410 e. The van der Waals surface area contributed by atoms with E-state index in [2.05, 4.69) is 45.0 Å². The van der Waals surface area contributed by atoms with Crippen molar-refractivity contribution in [2.45, 2.75) is 51.2 Å². The van der Waals surface area contributed by atoms with Crippen LogP contribution in [0, 0.1) is 0 Å². The second kappa shape index (κ2) is 8.49. The van der Waals surface area contributed by atoms with Gasteiger partial charge in [0.1, 0.15) is 11.4 Å². The molecule has 0 N–H and O–H groups in total. The number of likely N-dealkylation sites (tertiary alicyclic amines) is 1. The summed E-state index contributed by atoms with van der Waals surface area (Å²) in [5, 5.41) is 0. The number of hydrogen-bond acceptors (Lipinski definition) is 4. The lowest BCUT2D eigenvalue weighted by atomic mass is 9.86. The number of hydrogen-bond donors (Lipinski definition) is 0. The van der Waals surface area contributed by atoms with Crippen LogP contribution in [0.5, 0.6) is 5.75 Å². The number of amides is 2. The summed E-state index contributed by atoms with van der Waals surface area (Å²) >= 11 is 0. The molecule has 2 aromatic rings. The van der Waals surface area contributed by atoms with Gasteiger partial charge in [-0.1, -0.05) is 51.1 Å². The summed E-state index contributed by atoms with van der Waals surface area (Å²) in [6.07, 6.45) is 1.03. The molecule has 4 rings (SSSR count). The molecule has 6 nitrogen and oxygen atoms in total. The van der Waals surface area contributed by atoms with Gasteiger partial charge >= 0.3 is 6.09 Å². The number of ether oxygens (including phenoxy) is 2. The maximum absolute atomic E-state index is 12.9. The predicted octanol–water partition coefficient (Wildman–Crippen LogP) is 4.62. The van der Waals surface area contributed by atoms with Gasteiger partial charge < -0.3 is 14.4 Å². The molecule has 32 heavy (non-hydrogen) atoms. The van der Waals surface area contributed by atoms with Crippen molar-refractivity contribution in [1.29, 1.82) is 0 Å². The Morgan fingerprint density at radius 1 is 1.09 bits per heavy atom. The van der Waals surface area contributed by atoms with Gasteiger partial charge in [0.15, 0.2) is 0 Å². The van der Waals surface area contributed by atoms with Crippen LogP contribution in [-0.4, -0.2) is 54.1 Å². The van der Waals surface area contributed by atoms with E-state index in [0.29, 0.717) is 50.3 Å². The number of nitrogens with zero attached hydrogens (tertiary/aromatic N) is 2. The Morgan fingerprint density at radius 2 is 1.78 bits per heavy atom. The minimum absolute atomic E-state index is 0.0149. The van der Waals surface area contributed by atoms with Crippen molar-refractivity contribution in [3.05, 3.63) is 65.2 Å². The third kappa shape index (κ3) is 4.59. The van der Waals surface area contributed by atoms with E-state index in [0.717, 1.165) is 5.56 Å². The molecule has 170 valence electrons. The zero-order valence-electron chi connectivity index (χ0n) is 19.4. The lowest BCUT2D eigenvalue weighted by Gasteiger charge is -2.37. The van der Waals surface area contributed by atoms with Crippen LogP contribution in [0.3, 0.4) is 0 Å². The highest BCUT2D eigenvalue weighted by molar-refractivity contribution is 5.94. The zero-order valence-corrected chi connectivity index (χ0v) is 19.4. The predicted molar refractivity (Wildman–Crippen MR) is 123 cm³/mol. The zero-order chi connectivity index (χ0) is 22.9. The fraction of sp³-hybridized carbons (Fsp3) is 0.462. The Balaban J connectivity index is 1.36. The molecule has 2 aliphatic rings. The first-order valence-corrected chi connectivity index (χ1v) is 11.2. The molecular weight excluding hydrogens is 404 g/mol. The first-order valence-electron chi connectivity index (χ1n) is 11.2. The Hall–Kier alpha value is -3.02. The molecule has 0 unspecified atom stereocenters. The highest BCUT2D eigenvalue weighted by Gasteiger charge is 2.47. The molecule has 2 saturated heterocycles. The molecule has 2 aromatic carbocycles. The highest BCUT2D eigenvalue weighted by atomic mass is 16.6. The summed E-state index contributed by atoms with van der Waals surface area (Å²) in [5.74, 6) is 0.652. The van der Waals surface area contributed by atoms with E-state index in [1.807, 2.05) is 17.0 Å². The molecule has 0 saturated carbocycles. The molecule has 0 radical (unpaired) electrons. The summed E-state index contributed by atoms with van der Waals surface area (Å²) in [6.45, 7) is 8.80. The van der Waals surface area contributed by atoms with Gasteiger partial charge in [-0.15, -0.1) is 0 Å². The Morgan fingerprint density at radius 3 is 2.41 bits per heavy atom. The molecule has 0 bridgehead atoms. The smallest absolute Gasteiger partial charge is 0.410 e. The first kappa shape index (κ1) is 22.2. The van der Waals surface area contributed by atoms with Crippen molar-refractivity contribution >= 4 is 12.0 Å². The van der Waals surface area contributed by atoms with Crippen LogP contribution in [0.25, 0.3) is 0 Å². The Labute approximate surface area is 190 Å². The highest BCUT2D eigenvalue weighted by Crippen LogP contribution is 2.34. The van der Waals surface area contributed by atoms with E-state index in [1.165, 1.54) is 5.56 Å². The van der Waals surface area contributed by atoms with Crippen LogP contribution in [0.1, 0.15) is 55.1 Å². The van der Waals surface area contributed by atoms with Gasteiger partial charge in [-0.2, -0.15) is 0 Å².